The van der Waals surface area contributed by atoms with Crippen molar-refractivity contribution in [1.29, 1.82) is 0 Å². The van der Waals surface area contributed by atoms with Crippen molar-refractivity contribution in [2.45, 2.75) is 75.9 Å². The summed E-state index contributed by atoms with van der Waals surface area (Å²) >= 11 is 0. The van der Waals surface area contributed by atoms with Crippen molar-refractivity contribution in [3.05, 3.63) is 41.6 Å². The molecule has 1 aromatic carbocycles. The molecule has 2 atom stereocenters. The minimum atomic E-state index is -4.70. The summed E-state index contributed by atoms with van der Waals surface area (Å²) in [7, 11) is 0. The number of ether oxygens (including phenoxy) is 3. The lowest BCUT2D eigenvalue weighted by Gasteiger charge is -2.34. The molecule has 13 heteroatoms. The number of hydrogen-bond donors (Lipinski definition) is 2. The average molecular weight is 524 g/mol. The van der Waals surface area contributed by atoms with Gasteiger partial charge in [-0.2, -0.15) is 13.2 Å². The second-order valence-electron chi connectivity index (χ2n) is 8.82. The van der Waals surface area contributed by atoms with Crippen molar-refractivity contribution >= 4 is 11.8 Å². The van der Waals surface area contributed by atoms with E-state index in [9.17, 15) is 35.9 Å². The highest BCUT2D eigenvalue weighted by Gasteiger charge is 2.40. The van der Waals surface area contributed by atoms with E-state index in [0.29, 0.717) is 5.56 Å². The van der Waals surface area contributed by atoms with Crippen LogP contribution in [0.2, 0.25) is 0 Å². The fraction of sp³-hybridized carbons (Fsp3) is 0.565. The molecule has 0 aromatic heterocycles. The summed E-state index contributed by atoms with van der Waals surface area (Å²) in [6.45, 7) is 5.03. The van der Waals surface area contributed by atoms with Crippen LogP contribution in [-0.2, 0) is 31.7 Å². The highest BCUT2D eigenvalue weighted by atomic mass is 19.4. The lowest BCUT2D eigenvalue weighted by molar-refractivity contribution is -0.357. The maximum atomic E-state index is 12.9. The van der Waals surface area contributed by atoms with Crippen LogP contribution in [0, 0.1) is 0 Å². The van der Waals surface area contributed by atoms with E-state index in [4.69, 9.17) is 9.47 Å². The molecule has 1 fully saturated rings. The Hall–Kier alpha value is -2.80. The highest BCUT2D eigenvalue weighted by molar-refractivity contribution is 5.82. The van der Waals surface area contributed by atoms with Gasteiger partial charge in [-0.05, 0) is 43.5 Å². The van der Waals surface area contributed by atoms with E-state index >= 15 is 0 Å². The highest BCUT2D eigenvalue weighted by Crippen LogP contribution is 2.35. The summed E-state index contributed by atoms with van der Waals surface area (Å²) in [5.41, 5.74) is -0.108. The molecular weight excluding hydrogens is 498 g/mol. The SMILES string of the molecule is C=C(CC(C)NC(=O)[C@@H]1CCc2cc(C(F)(F)F)ccc2O1)NC(=O)COC1CC(OC(F)(F)F)C1. The first-order valence-corrected chi connectivity index (χ1v) is 11.2. The molecule has 200 valence electrons. The maximum absolute atomic E-state index is 12.9. The first-order chi connectivity index (χ1) is 16.7. The van der Waals surface area contributed by atoms with Gasteiger partial charge < -0.3 is 20.1 Å². The predicted molar refractivity (Wildman–Crippen MR) is 114 cm³/mol. The van der Waals surface area contributed by atoms with E-state index in [0.717, 1.165) is 12.1 Å². The van der Waals surface area contributed by atoms with Crippen LogP contribution >= 0.6 is 0 Å². The number of fused-ring (bicyclic) bond motifs is 1. The second kappa shape index (κ2) is 11.1. The zero-order chi connectivity index (χ0) is 26.7. The Morgan fingerprint density at radius 3 is 2.50 bits per heavy atom. The zero-order valence-corrected chi connectivity index (χ0v) is 19.3. The third-order valence-electron chi connectivity index (χ3n) is 5.68. The molecule has 36 heavy (non-hydrogen) atoms. The van der Waals surface area contributed by atoms with Gasteiger partial charge in [0, 0.05) is 31.0 Å². The van der Waals surface area contributed by atoms with E-state index in [1.807, 2.05) is 0 Å². The summed E-state index contributed by atoms with van der Waals surface area (Å²) < 4.78 is 89.6. The van der Waals surface area contributed by atoms with Crippen molar-refractivity contribution in [3.8, 4) is 5.75 Å². The third kappa shape index (κ3) is 8.12. The van der Waals surface area contributed by atoms with Crippen molar-refractivity contribution < 1.29 is 50.1 Å². The summed E-state index contributed by atoms with van der Waals surface area (Å²) in [5, 5.41) is 5.22. The van der Waals surface area contributed by atoms with Crippen LogP contribution in [0.4, 0.5) is 26.3 Å². The van der Waals surface area contributed by atoms with Crippen LogP contribution in [0.1, 0.15) is 43.7 Å². The molecular formula is C23H26F6N2O5. The number of benzene rings is 1. The Labute approximate surface area is 203 Å². The smallest absolute Gasteiger partial charge is 0.480 e. The largest absolute Gasteiger partial charge is 0.522 e. The predicted octanol–water partition coefficient (Wildman–Crippen LogP) is 4.01. The number of alkyl halides is 6. The van der Waals surface area contributed by atoms with Gasteiger partial charge in [0.25, 0.3) is 5.91 Å². The Morgan fingerprint density at radius 2 is 1.86 bits per heavy atom. The Morgan fingerprint density at radius 1 is 1.17 bits per heavy atom. The Balaban J connectivity index is 1.35. The van der Waals surface area contributed by atoms with Gasteiger partial charge in [-0.15, -0.1) is 13.2 Å². The van der Waals surface area contributed by atoms with Crippen LogP contribution in [0.15, 0.2) is 30.5 Å². The zero-order valence-electron chi connectivity index (χ0n) is 19.3. The van der Waals surface area contributed by atoms with Crippen LogP contribution in [0.5, 0.6) is 5.75 Å². The van der Waals surface area contributed by atoms with Crippen LogP contribution in [0.3, 0.4) is 0 Å². The lowest BCUT2D eigenvalue weighted by Crippen LogP contribution is -2.45. The van der Waals surface area contributed by atoms with E-state index in [-0.39, 0.29) is 50.2 Å². The first kappa shape index (κ1) is 27.8. The Bertz CT molecular complexity index is 975. The maximum Gasteiger partial charge on any atom is 0.522 e. The van der Waals surface area contributed by atoms with Gasteiger partial charge in [-0.3, -0.25) is 14.3 Å². The standard InChI is InChI=1S/C23H26F6N2O5/c1-12(30-20(32)11-34-16-9-17(10-16)36-23(27,28)29)7-13(2)31-21(33)19-5-3-14-8-15(22(24,25)26)4-6-18(14)35-19/h4,6,8,13,16-17,19H,1,3,5,7,9-11H2,2H3,(H,30,32)(H,31,33)/t13?,16?,17?,19-/m0/s1. The monoisotopic (exact) mass is 524 g/mol. The van der Waals surface area contributed by atoms with Crippen LogP contribution in [-0.4, -0.2) is 49.1 Å². The molecule has 1 aliphatic carbocycles. The minimum Gasteiger partial charge on any atom is -0.480 e. The molecule has 2 N–H and O–H groups in total. The number of hydrogen-bond acceptors (Lipinski definition) is 5. The number of carbonyl (C=O) groups is 2. The van der Waals surface area contributed by atoms with E-state index in [1.54, 1.807) is 6.92 Å². The van der Waals surface area contributed by atoms with Gasteiger partial charge >= 0.3 is 12.5 Å². The number of aryl methyl sites for hydroxylation is 1. The molecule has 1 aliphatic heterocycles. The molecule has 0 bridgehead atoms. The van der Waals surface area contributed by atoms with Gasteiger partial charge in [0.15, 0.2) is 6.10 Å². The molecule has 7 nitrogen and oxygen atoms in total. The molecule has 0 spiro atoms. The molecule has 3 rings (SSSR count). The van der Waals surface area contributed by atoms with Crippen molar-refractivity contribution in [3.63, 3.8) is 0 Å². The average Bonchev–Trinajstić information content (AvgIpc) is 2.72. The normalized spacial score (nSPS) is 22.5. The molecule has 0 radical (unpaired) electrons. The van der Waals surface area contributed by atoms with Crippen molar-refractivity contribution in [2.24, 2.45) is 0 Å². The molecule has 1 heterocycles. The van der Waals surface area contributed by atoms with E-state index < -0.39 is 54.3 Å². The lowest BCUT2D eigenvalue weighted by atomic mass is 9.92. The summed E-state index contributed by atoms with van der Waals surface area (Å²) in [6.07, 6.45) is -10.8. The molecule has 0 saturated heterocycles. The van der Waals surface area contributed by atoms with Gasteiger partial charge in [0.1, 0.15) is 12.4 Å². The second-order valence-corrected chi connectivity index (χ2v) is 8.82. The number of nitrogens with one attached hydrogen (secondary N) is 2. The summed E-state index contributed by atoms with van der Waals surface area (Å²) in [6, 6.07) is 2.67. The van der Waals surface area contributed by atoms with E-state index in [2.05, 4.69) is 21.9 Å². The molecule has 1 aromatic rings. The number of halogens is 6. The number of amides is 2. The fourth-order valence-electron chi connectivity index (χ4n) is 3.92. The summed E-state index contributed by atoms with van der Waals surface area (Å²) in [5.74, 6) is -0.762. The van der Waals surface area contributed by atoms with E-state index in [1.165, 1.54) is 6.07 Å². The first-order valence-electron chi connectivity index (χ1n) is 11.2. The third-order valence-corrected chi connectivity index (χ3v) is 5.68. The quantitative estimate of drug-likeness (QED) is 0.477. The van der Waals surface area contributed by atoms with Crippen molar-refractivity contribution in [1.82, 2.24) is 10.6 Å². The van der Waals surface area contributed by atoms with Gasteiger partial charge in [-0.1, -0.05) is 6.58 Å². The molecule has 1 unspecified atom stereocenters. The van der Waals surface area contributed by atoms with Gasteiger partial charge in [-0.25, -0.2) is 0 Å². The van der Waals surface area contributed by atoms with Gasteiger partial charge in [0.05, 0.1) is 17.8 Å². The summed E-state index contributed by atoms with van der Waals surface area (Å²) in [4.78, 5) is 24.5. The Kier molecular flexibility index (Phi) is 8.55. The van der Waals surface area contributed by atoms with Crippen molar-refractivity contribution in [2.75, 3.05) is 6.61 Å². The van der Waals surface area contributed by atoms with Crippen LogP contribution < -0.4 is 15.4 Å². The fourth-order valence-corrected chi connectivity index (χ4v) is 3.92. The topological polar surface area (TPSA) is 85.9 Å². The number of carbonyl (C=O) groups excluding carboxylic acids is 2. The molecule has 2 aliphatic rings. The number of rotatable bonds is 9. The van der Waals surface area contributed by atoms with Gasteiger partial charge in [0.2, 0.25) is 5.91 Å². The van der Waals surface area contributed by atoms with Crippen LogP contribution in [0.25, 0.3) is 0 Å². The molecule has 2 amide bonds. The minimum absolute atomic E-state index is 0.0357. The molecule has 1 saturated carbocycles.